The average molecular weight is 162 g/mol. The molecule has 0 bridgehead atoms. The van der Waals surface area contributed by atoms with Crippen molar-refractivity contribution in [1.29, 1.82) is 0 Å². The Morgan fingerprint density at radius 2 is 2.50 bits per heavy atom. The quantitative estimate of drug-likeness (QED) is 0.712. The molecule has 0 radical (unpaired) electrons. The molecule has 2 rings (SSSR count). The number of aromatic nitrogens is 1. The second-order valence-corrected chi connectivity index (χ2v) is 3.77. The minimum atomic E-state index is 0.274. The Kier molecular flexibility index (Phi) is 1.65. The van der Waals surface area contributed by atoms with Crippen LogP contribution in [0.15, 0.2) is 24.4 Å². The summed E-state index contributed by atoms with van der Waals surface area (Å²) in [5.41, 5.74) is 7.09. The molecule has 2 heteroatoms. The molecule has 1 aliphatic rings. The van der Waals surface area contributed by atoms with E-state index in [0.717, 1.165) is 6.54 Å². The molecular weight excluding hydrogens is 148 g/mol. The van der Waals surface area contributed by atoms with E-state index in [0.29, 0.717) is 5.92 Å². The summed E-state index contributed by atoms with van der Waals surface area (Å²) in [6, 6.07) is 6.09. The summed E-state index contributed by atoms with van der Waals surface area (Å²) in [5.74, 6) is 0.646. The van der Waals surface area contributed by atoms with Crippen molar-refractivity contribution in [2.24, 2.45) is 11.7 Å². The highest BCUT2D eigenvalue weighted by Crippen LogP contribution is 2.52. The van der Waals surface area contributed by atoms with Gasteiger partial charge in [-0.05, 0) is 31.0 Å². The van der Waals surface area contributed by atoms with E-state index in [9.17, 15) is 0 Å². The zero-order valence-electron chi connectivity index (χ0n) is 7.33. The van der Waals surface area contributed by atoms with Gasteiger partial charge < -0.3 is 5.73 Å². The number of hydrogen-bond acceptors (Lipinski definition) is 2. The van der Waals surface area contributed by atoms with Crippen LogP contribution in [0.3, 0.4) is 0 Å². The van der Waals surface area contributed by atoms with E-state index in [2.05, 4.69) is 18.0 Å². The maximum absolute atomic E-state index is 5.62. The molecule has 1 aromatic heterocycles. The van der Waals surface area contributed by atoms with Crippen molar-refractivity contribution in [1.82, 2.24) is 4.98 Å². The Bertz CT molecular complexity index is 270. The van der Waals surface area contributed by atoms with Gasteiger partial charge in [0.2, 0.25) is 0 Å². The predicted octanol–water partition coefficient (Wildman–Crippen LogP) is 1.32. The normalized spacial score (nSPS) is 33.3. The van der Waals surface area contributed by atoms with Gasteiger partial charge in [0.05, 0.1) is 0 Å². The molecule has 0 amide bonds. The summed E-state index contributed by atoms with van der Waals surface area (Å²) < 4.78 is 0. The van der Waals surface area contributed by atoms with E-state index in [1.807, 2.05) is 18.3 Å². The number of nitrogens with zero attached hydrogens (tertiary/aromatic N) is 1. The van der Waals surface area contributed by atoms with Gasteiger partial charge in [0.1, 0.15) is 0 Å². The van der Waals surface area contributed by atoms with Gasteiger partial charge >= 0.3 is 0 Å². The Morgan fingerprint density at radius 3 is 3.00 bits per heavy atom. The van der Waals surface area contributed by atoms with Crippen LogP contribution in [0, 0.1) is 5.92 Å². The van der Waals surface area contributed by atoms with Crippen molar-refractivity contribution in [3.05, 3.63) is 30.1 Å². The van der Waals surface area contributed by atoms with Crippen molar-refractivity contribution in [2.75, 3.05) is 6.54 Å². The van der Waals surface area contributed by atoms with Crippen LogP contribution in [-0.2, 0) is 5.41 Å². The van der Waals surface area contributed by atoms with Crippen LogP contribution < -0.4 is 5.73 Å². The maximum atomic E-state index is 5.62. The van der Waals surface area contributed by atoms with Crippen molar-refractivity contribution >= 4 is 0 Å². The third-order valence-electron chi connectivity index (χ3n) is 2.95. The molecule has 2 atom stereocenters. The second kappa shape index (κ2) is 2.56. The first-order valence-electron chi connectivity index (χ1n) is 4.39. The van der Waals surface area contributed by atoms with E-state index < -0.39 is 0 Å². The lowest BCUT2D eigenvalue weighted by atomic mass is 10.0. The lowest BCUT2D eigenvalue weighted by Crippen LogP contribution is -2.12. The van der Waals surface area contributed by atoms with Gasteiger partial charge in [0.15, 0.2) is 0 Å². The van der Waals surface area contributed by atoms with Gasteiger partial charge in [-0.3, -0.25) is 4.98 Å². The van der Waals surface area contributed by atoms with Crippen molar-refractivity contribution < 1.29 is 0 Å². The molecule has 1 aromatic rings. The van der Waals surface area contributed by atoms with Gasteiger partial charge in [-0.25, -0.2) is 0 Å². The third kappa shape index (κ3) is 1.03. The average Bonchev–Trinajstić information content (AvgIpc) is 2.81. The fourth-order valence-electron chi connectivity index (χ4n) is 1.81. The molecule has 1 heterocycles. The summed E-state index contributed by atoms with van der Waals surface area (Å²) >= 11 is 0. The molecule has 1 fully saturated rings. The molecule has 0 saturated heterocycles. The van der Waals surface area contributed by atoms with Crippen LogP contribution in [0.25, 0.3) is 0 Å². The van der Waals surface area contributed by atoms with Gasteiger partial charge in [0.25, 0.3) is 0 Å². The summed E-state index contributed by atoms with van der Waals surface area (Å²) in [6.45, 7) is 3.03. The lowest BCUT2D eigenvalue weighted by molar-refractivity contribution is 0.646. The standard InChI is InChI=1S/C10H14N2/c1-10(6-8(10)7-11)9-4-2-3-5-12-9/h2-5,8H,6-7,11H2,1H3. The van der Waals surface area contributed by atoms with Gasteiger partial charge in [-0.1, -0.05) is 13.0 Å². The van der Waals surface area contributed by atoms with Crippen LogP contribution in [0.5, 0.6) is 0 Å². The van der Waals surface area contributed by atoms with Crippen molar-refractivity contribution in [3.8, 4) is 0 Å². The fraction of sp³-hybridized carbons (Fsp3) is 0.500. The molecule has 12 heavy (non-hydrogen) atoms. The van der Waals surface area contributed by atoms with Crippen LogP contribution in [0.4, 0.5) is 0 Å². The molecule has 0 aliphatic heterocycles. The predicted molar refractivity (Wildman–Crippen MR) is 48.8 cm³/mol. The number of rotatable bonds is 2. The molecule has 0 aromatic carbocycles. The summed E-state index contributed by atoms with van der Waals surface area (Å²) in [7, 11) is 0. The van der Waals surface area contributed by atoms with E-state index >= 15 is 0 Å². The first-order chi connectivity index (χ1) is 5.77. The summed E-state index contributed by atoms with van der Waals surface area (Å²) in [4.78, 5) is 4.36. The molecule has 64 valence electrons. The number of hydrogen-bond donors (Lipinski definition) is 1. The van der Waals surface area contributed by atoms with Crippen LogP contribution >= 0.6 is 0 Å². The van der Waals surface area contributed by atoms with Crippen molar-refractivity contribution in [2.45, 2.75) is 18.8 Å². The van der Waals surface area contributed by atoms with Crippen LogP contribution in [0.2, 0.25) is 0 Å². The highest BCUT2D eigenvalue weighted by atomic mass is 14.8. The Balaban J connectivity index is 2.23. The zero-order chi connectivity index (χ0) is 8.60. The SMILES string of the molecule is CC1(c2ccccn2)CC1CN. The van der Waals surface area contributed by atoms with Gasteiger partial charge in [-0.2, -0.15) is 0 Å². The van der Waals surface area contributed by atoms with Crippen LogP contribution in [-0.4, -0.2) is 11.5 Å². The second-order valence-electron chi connectivity index (χ2n) is 3.77. The molecule has 2 unspecified atom stereocenters. The topological polar surface area (TPSA) is 38.9 Å². The molecule has 2 nitrogen and oxygen atoms in total. The maximum Gasteiger partial charge on any atom is 0.0465 e. The number of nitrogens with two attached hydrogens (primary N) is 1. The monoisotopic (exact) mass is 162 g/mol. The molecule has 1 saturated carbocycles. The molecular formula is C10H14N2. The van der Waals surface area contributed by atoms with E-state index in [1.165, 1.54) is 12.1 Å². The largest absolute Gasteiger partial charge is 0.330 e. The fourth-order valence-corrected chi connectivity index (χ4v) is 1.81. The van der Waals surface area contributed by atoms with E-state index in [-0.39, 0.29) is 5.41 Å². The summed E-state index contributed by atoms with van der Waals surface area (Å²) in [5, 5.41) is 0. The van der Waals surface area contributed by atoms with Crippen molar-refractivity contribution in [3.63, 3.8) is 0 Å². The third-order valence-corrected chi connectivity index (χ3v) is 2.95. The Labute approximate surface area is 72.8 Å². The number of pyridine rings is 1. The molecule has 0 spiro atoms. The highest BCUT2D eigenvalue weighted by molar-refractivity contribution is 5.26. The first-order valence-corrected chi connectivity index (χ1v) is 4.39. The molecule has 2 N–H and O–H groups in total. The van der Waals surface area contributed by atoms with Gasteiger partial charge in [0, 0.05) is 17.3 Å². The summed E-state index contributed by atoms with van der Waals surface area (Å²) in [6.07, 6.45) is 3.05. The minimum Gasteiger partial charge on any atom is -0.330 e. The first kappa shape index (κ1) is 7.74. The lowest BCUT2D eigenvalue weighted by Gasteiger charge is -2.08. The van der Waals surface area contributed by atoms with Gasteiger partial charge in [-0.15, -0.1) is 0 Å². The zero-order valence-corrected chi connectivity index (χ0v) is 7.33. The highest BCUT2D eigenvalue weighted by Gasteiger charge is 2.51. The smallest absolute Gasteiger partial charge is 0.0465 e. The van der Waals surface area contributed by atoms with Crippen LogP contribution in [0.1, 0.15) is 19.0 Å². The molecule has 1 aliphatic carbocycles. The van der Waals surface area contributed by atoms with E-state index in [1.54, 1.807) is 0 Å². The Hall–Kier alpha value is -0.890. The Morgan fingerprint density at radius 1 is 1.67 bits per heavy atom. The van der Waals surface area contributed by atoms with E-state index in [4.69, 9.17) is 5.73 Å². The minimum absolute atomic E-state index is 0.274.